The number of hydrogen-bond acceptors (Lipinski definition) is 5. The summed E-state index contributed by atoms with van der Waals surface area (Å²) in [5, 5.41) is 6.16. The van der Waals surface area contributed by atoms with Gasteiger partial charge in [0.1, 0.15) is 0 Å². The quantitative estimate of drug-likeness (QED) is 0.360. The van der Waals surface area contributed by atoms with Crippen molar-refractivity contribution in [2.45, 2.75) is 44.3 Å². The zero-order valence-electron chi connectivity index (χ0n) is 17.9. The van der Waals surface area contributed by atoms with Crippen LogP contribution in [0, 0.1) is 0 Å². The summed E-state index contributed by atoms with van der Waals surface area (Å²) in [7, 11) is 0. The van der Waals surface area contributed by atoms with E-state index < -0.39 is 0 Å². The number of rotatable bonds is 5. The highest BCUT2D eigenvalue weighted by Crippen LogP contribution is 2.25. The summed E-state index contributed by atoms with van der Waals surface area (Å²) >= 11 is 1.27. The van der Waals surface area contributed by atoms with Crippen LogP contribution in [0.25, 0.3) is 21.8 Å². The number of benzene rings is 2. The Morgan fingerprint density at radius 1 is 1.06 bits per heavy atom. The molecule has 0 fully saturated rings. The number of pyridine rings is 1. The third-order valence-corrected chi connectivity index (χ3v) is 6.88. The first-order valence-corrected chi connectivity index (χ1v) is 12.0. The third kappa shape index (κ3) is 3.88. The number of nitrogens with zero attached hydrogens (tertiary/aromatic N) is 3. The van der Waals surface area contributed by atoms with Crippen LogP contribution in [0.1, 0.15) is 31.0 Å². The van der Waals surface area contributed by atoms with Crippen LogP contribution >= 0.6 is 11.8 Å². The van der Waals surface area contributed by atoms with Gasteiger partial charge in [-0.3, -0.25) is 14.2 Å². The largest absolute Gasteiger partial charge is 0.325 e. The molecule has 0 aliphatic heterocycles. The Balaban J connectivity index is 1.40. The van der Waals surface area contributed by atoms with Crippen LogP contribution < -0.4 is 10.9 Å². The smallest absolute Gasteiger partial charge is 0.263 e. The zero-order valence-corrected chi connectivity index (χ0v) is 18.7. The number of hydrogen-bond donors (Lipinski definition) is 1. The van der Waals surface area contributed by atoms with Gasteiger partial charge in [0, 0.05) is 23.3 Å². The first kappa shape index (κ1) is 20.7. The molecule has 0 saturated heterocycles. The van der Waals surface area contributed by atoms with E-state index in [0.29, 0.717) is 22.7 Å². The van der Waals surface area contributed by atoms with Crippen LogP contribution in [0.4, 0.5) is 5.69 Å². The monoisotopic (exact) mass is 444 g/mol. The highest BCUT2D eigenvalue weighted by molar-refractivity contribution is 7.99. The maximum atomic E-state index is 13.1. The Labute approximate surface area is 190 Å². The molecule has 0 bridgehead atoms. The minimum atomic E-state index is -0.137. The highest BCUT2D eigenvalue weighted by atomic mass is 32.2. The molecule has 2 aromatic carbocycles. The number of aryl methyl sites for hydroxylation is 2. The summed E-state index contributed by atoms with van der Waals surface area (Å²) < 4.78 is 1.63. The van der Waals surface area contributed by atoms with Gasteiger partial charge in [-0.1, -0.05) is 48.2 Å². The maximum absolute atomic E-state index is 13.1. The fourth-order valence-electron chi connectivity index (χ4n) is 4.29. The number of amides is 1. The van der Waals surface area contributed by atoms with Gasteiger partial charge in [-0.15, -0.1) is 0 Å². The molecule has 7 heteroatoms. The number of carbonyl (C=O) groups is 1. The van der Waals surface area contributed by atoms with Gasteiger partial charge in [-0.2, -0.15) is 0 Å². The van der Waals surface area contributed by atoms with E-state index >= 15 is 0 Å². The standard InChI is InChI=1S/C25H24N4O2S/c1-2-29-24(31)19-14-17-9-4-6-12-20(17)27-23(19)28-25(29)32-15-22(30)26-21-13-7-10-16-8-3-5-11-18(16)21/h3,5,7-8,10-11,13-14H,2,4,6,9,12,15H2,1H3,(H,26,30). The van der Waals surface area contributed by atoms with E-state index in [4.69, 9.17) is 4.98 Å². The Bertz CT molecular complexity index is 1390. The lowest BCUT2D eigenvalue weighted by molar-refractivity contribution is -0.113. The van der Waals surface area contributed by atoms with Crippen molar-refractivity contribution in [2.24, 2.45) is 0 Å². The van der Waals surface area contributed by atoms with Gasteiger partial charge in [0.05, 0.1) is 11.1 Å². The first-order chi connectivity index (χ1) is 15.6. The Morgan fingerprint density at radius 3 is 2.75 bits per heavy atom. The summed E-state index contributed by atoms with van der Waals surface area (Å²) in [6.45, 7) is 2.41. The molecule has 0 unspecified atom stereocenters. The fourth-order valence-corrected chi connectivity index (χ4v) is 5.14. The topological polar surface area (TPSA) is 76.9 Å². The van der Waals surface area contributed by atoms with Gasteiger partial charge in [-0.25, -0.2) is 9.97 Å². The third-order valence-electron chi connectivity index (χ3n) is 5.90. The van der Waals surface area contributed by atoms with Crippen LogP contribution in [0.5, 0.6) is 0 Å². The lowest BCUT2D eigenvalue weighted by Gasteiger charge is -2.16. The van der Waals surface area contributed by atoms with Crippen molar-refractivity contribution in [1.29, 1.82) is 0 Å². The first-order valence-electron chi connectivity index (χ1n) is 11.0. The molecule has 32 heavy (non-hydrogen) atoms. The SMILES string of the molecule is CCn1c(SCC(=O)Nc2cccc3ccccc23)nc2nc3c(cc2c1=O)CCCC3. The predicted octanol–water partition coefficient (Wildman–Crippen LogP) is 4.57. The molecule has 0 spiro atoms. The minimum absolute atomic E-state index is 0.0877. The van der Waals surface area contributed by atoms with Crippen LogP contribution in [0.3, 0.4) is 0 Å². The van der Waals surface area contributed by atoms with Crippen LogP contribution in [0.2, 0.25) is 0 Å². The number of nitrogens with one attached hydrogen (secondary N) is 1. The van der Waals surface area contributed by atoms with Gasteiger partial charge in [0.2, 0.25) is 5.91 Å². The lowest BCUT2D eigenvalue weighted by Crippen LogP contribution is -2.24. The molecule has 5 rings (SSSR count). The Morgan fingerprint density at radius 2 is 1.88 bits per heavy atom. The molecule has 0 atom stereocenters. The van der Waals surface area contributed by atoms with E-state index in [9.17, 15) is 9.59 Å². The average Bonchev–Trinajstić information content (AvgIpc) is 2.82. The average molecular weight is 445 g/mol. The molecule has 4 aromatic rings. The van der Waals surface area contributed by atoms with Gasteiger partial charge in [-0.05, 0) is 55.7 Å². The van der Waals surface area contributed by atoms with Crippen LogP contribution in [0.15, 0.2) is 58.5 Å². The van der Waals surface area contributed by atoms with Crippen molar-refractivity contribution in [1.82, 2.24) is 14.5 Å². The Kier molecular flexibility index (Phi) is 5.66. The van der Waals surface area contributed by atoms with E-state index in [1.165, 1.54) is 17.3 Å². The van der Waals surface area contributed by atoms with Gasteiger partial charge in [0.25, 0.3) is 5.56 Å². The van der Waals surface area contributed by atoms with Crippen molar-refractivity contribution in [3.05, 3.63) is 70.1 Å². The number of anilines is 1. The van der Waals surface area contributed by atoms with E-state index in [2.05, 4.69) is 10.3 Å². The van der Waals surface area contributed by atoms with Crippen LogP contribution in [-0.2, 0) is 24.2 Å². The molecular weight excluding hydrogens is 420 g/mol. The summed E-state index contributed by atoms with van der Waals surface area (Å²) in [5.74, 6) is 0.0216. The lowest BCUT2D eigenvalue weighted by atomic mass is 9.95. The second kappa shape index (κ2) is 8.74. The zero-order chi connectivity index (χ0) is 22.1. The van der Waals surface area contributed by atoms with Crippen molar-refractivity contribution < 1.29 is 4.79 Å². The molecule has 1 aliphatic carbocycles. The summed E-state index contributed by atoms with van der Waals surface area (Å²) in [5.41, 5.74) is 3.39. The minimum Gasteiger partial charge on any atom is -0.325 e. The predicted molar refractivity (Wildman–Crippen MR) is 129 cm³/mol. The van der Waals surface area contributed by atoms with E-state index in [0.717, 1.165) is 47.8 Å². The number of aromatic nitrogens is 3. The maximum Gasteiger partial charge on any atom is 0.263 e. The van der Waals surface area contributed by atoms with E-state index in [1.807, 2.05) is 55.5 Å². The molecule has 6 nitrogen and oxygen atoms in total. The second-order valence-corrected chi connectivity index (χ2v) is 8.92. The van der Waals surface area contributed by atoms with E-state index in [-0.39, 0.29) is 17.2 Å². The molecule has 1 amide bonds. The molecule has 0 radical (unpaired) electrons. The number of carbonyl (C=O) groups excluding carboxylic acids is 1. The van der Waals surface area contributed by atoms with Gasteiger partial charge >= 0.3 is 0 Å². The molecule has 0 saturated carbocycles. The molecule has 1 aliphatic rings. The molecule has 2 aromatic heterocycles. The van der Waals surface area contributed by atoms with Crippen molar-refractivity contribution in [3.63, 3.8) is 0 Å². The van der Waals surface area contributed by atoms with E-state index in [1.54, 1.807) is 4.57 Å². The van der Waals surface area contributed by atoms with Crippen molar-refractivity contribution in [2.75, 3.05) is 11.1 Å². The van der Waals surface area contributed by atoms with Gasteiger partial charge in [0.15, 0.2) is 10.8 Å². The van der Waals surface area contributed by atoms with Crippen molar-refractivity contribution >= 4 is 45.2 Å². The second-order valence-electron chi connectivity index (χ2n) is 7.98. The van der Waals surface area contributed by atoms with Crippen LogP contribution in [-0.4, -0.2) is 26.2 Å². The van der Waals surface area contributed by atoms with Gasteiger partial charge < -0.3 is 5.32 Å². The molecule has 1 N–H and O–H groups in total. The summed E-state index contributed by atoms with van der Waals surface area (Å²) in [4.78, 5) is 35.2. The molecular formula is C25H24N4O2S. The normalized spacial score (nSPS) is 13.3. The number of thioether (sulfide) groups is 1. The Hall–Kier alpha value is -3.19. The highest BCUT2D eigenvalue weighted by Gasteiger charge is 2.18. The van der Waals surface area contributed by atoms with Crippen molar-refractivity contribution in [3.8, 4) is 0 Å². The number of fused-ring (bicyclic) bond motifs is 3. The molecule has 162 valence electrons. The fraction of sp³-hybridized carbons (Fsp3) is 0.280. The molecule has 2 heterocycles. The summed E-state index contributed by atoms with van der Waals surface area (Å²) in [6, 6.07) is 15.8. The summed E-state index contributed by atoms with van der Waals surface area (Å²) in [6.07, 6.45) is 4.15.